The molecule has 0 fully saturated rings. The lowest BCUT2D eigenvalue weighted by Gasteiger charge is -2.05. The molecule has 0 aliphatic rings. The molecular weight excluding hydrogens is 250 g/mol. The van der Waals surface area contributed by atoms with Gasteiger partial charge in [-0.1, -0.05) is 36.4 Å². The largest absolute Gasteiger partial charge is 0.265 e. The molecule has 0 amide bonds. The Balaban J connectivity index is 1.93. The number of benzene rings is 2. The topological polar surface area (TPSA) is 12.9 Å². The molecule has 0 aliphatic carbocycles. The van der Waals surface area contributed by atoms with Crippen molar-refractivity contribution < 1.29 is 0 Å². The van der Waals surface area contributed by atoms with Crippen molar-refractivity contribution in [3.63, 3.8) is 0 Å². The maximum absolute atomic E-state index is 4.30. The van der Waals surface area contributed by atoms with Crippen LogP contribution in [0.4, 0.5) is 0 Å². The van der Waals surface area contributed by atoms with Crippen molar-refractivity contribution in [2.75, 3.05) is 0 Å². The molecule has 3 aromatic rings. The highest BCUT2D eigenvalue weighted by atomic mass is 32.1. The fraction of sp³-hybridized carbons (Fsp3) is 0. The Kier molecular flexibility index (Phi) is 3.34. The zero-order valence-corrected chi connectivity index (χ0v) is 11.2. The second-order valence-corrected chi connectivity index (χ2v) is 4.88. The van der Waals surface area contributed by atoms with Crippen LogP contribution in [0.3, 0.4) is 0 Å². The zero-order chi connectivity index (χ0) is 13.1. The Morgan fingerprint density at radius 2 is 0.895 bits per heavy atom. The van der Waals surface area contributed by atoms with Crippen LogP contribution in [0.15, 0.2) is 78.0 Å². The van der Waals surface area contributed by atoms with Crippen LogP contribution in [0.2, 0.25) is 0 Å². The van der Waals surface area contributed by atoms with Crippen LogP contribution >= 0.6 is 12.6 Å². The van der Waals surface area contributed by atoms with Crippen molar-refractivity contribution in [1.29, 1.82) is 0 Å². The Hall–Kier alpha value is -2.06. The summed E-state index contributed by atoms with van der Waals surface area (Å²) in [4.78, 5) is 5.02. The second kappa shape index (κ2) is 5.29. The molecule has 1 aromatic heterocycles. The minimum atomic E-state index is 0.983. The lowest BCUT2D eigenvalue weighted by atomic mass is 10.0. The van der Waals surface area contributed by atoms with Gasteiger partial charge in [-0.25, -0.2) is 0 Å². The van der Waals surface area contributed by atoms with Crippen molar-refractivity contribution in [3.05, 3.63) is 73.1 Å². The molecule has 3 rings (SSSR count). The third kappa shape index (κ3) is 2.69. The Morgan fingerprint density at radius 3 is 1.37 bits per heavy atom. The third-order valence-corrected chi connectivity index (χ3v) is 3.40. The first-order valence-electron chi connectivity index (χ1n) is 6.13. The lowest BCUT2D eigenvalue weighted by Crippen LogP contribution is -1.80. The van der Waals surface area contributed by atoms with Gasteiger partial charge in [-0.05, 0) is 46.5 Å². The summed E-state index contributed by atoms with van der Waals surface area (Å²) < 4.78 is 0. The van der Waals surface area contributed by atoms with E-state index in [1.807, 2.05) is 36.7 Å². The average molecular weight is 263 g/mol. The van der Waals surface area contributed by atoms with Gasteiger partial charge in [0, 0.05) is 17.3 Å². The average Bonchev–Trinajstić information content (AvgIpc) is 2.49. The van der Waals surface area contributed by atoms with Gasteiger partial charge in [-0.2, -0.15) is 0 Å². The summed E-state index contributed by atoms with van der Waals surface area (Å²) in [6.07, 6.45) is 3.63. The summed E-state index contributed by atoms with van der Waals surface area (Å²) in [5.41, 5.74) is 4.81. The van der Waals surface area contributed by atoms with E-state index in [0.717, 1.165) is 4.90 Å². The van der Waals surface area contributed by atoms with Crippen molar-refractivity contribution in [2.45, 2.75) is 4.90 Å². The molecule has 2 aromatic carbocycles. The van der Waals surface area contributed by atoms with Crippen molar-refractivity contribution in [2.24, 2.45) is 0 Å². The molecule has 0 unspecified atom stereocenters. The van der Waals surface area contributed by atoms with Gasteiger partial charge in [0.05, 0.1) is 0 Å². The molecule has 0 bridgehead atoms. The molecule has 0 saturated carbocycles. The maximum atomic E-state index is 4.30. The zero-order valence-electron chi connectivity index (χ0n) is 10.3. The van der Waals surface area contributed by atoms with Crippen molar-refractivity contribution in [1.82, 2.24) is 4.98 Å². The number of hydrogen-bond donors (Lipinski definition) is 1. The van der Waals surface area contributed by atoms with Gasteiger partial charge in [-0.15, -0.1) is 12.6 Å². The van der Waals surface area contributed by atoms with E-state index >= 15 is 0 Å². The summed E-state index contributed by atoms with van der Waals surface area (Å²) in [7, 11) is 0. The minimum absolute atomic E-state index is 0.983. The van der Waals surface area contributed by atoms with Crippen LogP contribution in [0.25, 0.3) is 22.3 Å². The molecule has 2 heteroatoms. The van der Waals surface area contributed by atoms with Crippen LogP contribution in [0, 0.1) is 0 Å². The van der Waals surface area contributed by atoms with E-state index in [1.54, 1.807) is 0 Å². The standard InChI is InChI=1S/C17H13NS/c19-17-7-5-15(6-8-17)13-1-3-14(4-2-13)16-9-11-18-12-10-16/h1-12,19H. The highest BCUT2D eigenvalue weighted by molar-refractivity contribution is 7.80. The van der Waals surface area contributed by atoms with E-state index in [9.17, 15) is 0 Å². The normalized spacial score (nSPS) is 10.4. The number of thiol groups is 1. The fourth-order valence-corrected chi connectivity index (χ4v) is 2.20. The monoisotopic (exact) mass is 263 g/mol. The third-order valence-electron chi connectivity index (χ3n) is 3.10. The van der Waals surface area contributed by atoms with E-state index < -0.39 is 0 Å². The van der Waals surface area contributed by atoms with Crippen LogP contribution < -0.4 is 0 Å². The maximum Gasteiger partial charge on any atom is 0.0273 e. The summed E-state index contributed by atoms with van der Waals surface area (Å²) in [5, 5.41) is 0. The first kappa shape index (κ1) is 12.0. The Bertz CT molecular complexity index is 658. The predicted octanol–water partition coefficient (Wildman–Crippen LogP) is 4.70. The van der Waals surface area contributed by atoms with Gasteiger partial charge in [-0.3, -0.25) is 4.98 Å². The van der Waals surface area contributed by atoms with Gasteiger partial charge >= 0.3 is 0 Å². The molecule has 0 saturated heterocycles. The predicted molar refractivity (Wildman–Crippen MR) is 82.4 cm³/mol. The van der Waals surface area contributed by atoms with Crippen LogP contribution in [-0.2, 0) is 0 Å². The van der Waals surface area contributed by atoms with Gasteiger partial charge in [0.1, 0.15) is 0 Å². The van der Waals surface area contributed by atoms with Crippen molar-refractivity contribution >= 4 is 12.6 Å². The molecular formula is C17H13NS. The van der Waals surface area contributed by atoms with Crippen molar-refractivity contribution in [3.8, 4) is 22.3 Å². The second-order valence-electron chi connectivity index (χ2n) is 4.36. The summed E-state index contributed by atoms with van der Waals surface area (Å²) in [6.45, 7) is 0. The van der Waals surface area contributed by atoms with Crippen LogP contribution in [0.1, 0.15) is 0 Å². The highest BCUT2D eigenvalue weighted by Crippen LogP contribution is 2.25. The van der Waals surface area contributed by atoms with E-state index in [0.29, 0.717) is 0 Å². The number of rotatable bonds is 2. The van der Waals surface area contributed by atoms with E-state index in [-0.39, 0.29) is 0 Å². The van der Waals surface area contributed by atoms with E-state index in [4.69, 9.17) is 0 Å². The quantitative estimate of drug-likeness (QED) is 0.661. The Labute approximate surface area is 118 Å². The number of pyridine rings is 1. The molecule has 92 valence electrons. The molecule has 0 aliphatic heterocycles. The fourth-order valence-electron chi connectivity index (χ4n) is 2.05. The van der Waals surface area contributed by atoms with Crippen LogP contribution in [0.5, 0.6) is 0 Å². The number of aromatic nitrogens is 1. The molecule has 1 nitrogen and oxygen atoms in total. The summed E-state index contributed by atoms with van der Waals surface area (Å²) in [6, 6.07) is 20.8. The smallest absolute Gasteiger partial charge is 0.0273 e. The van der Waals surface area contributed by atoms with Gasteiger partial charge in [0.15, 0.2) is 0 Å². The SMILES string of the molecule is Sc1ccc(-c2ccc(-c3ccncc3)cc2)cc1. The van der Waals surface area contributed by atoms with Gasteiger partial charge in [0.2, 0.25) is 0 Å². The molecule has 0 radical (unpaired) electrons. The molecule has 1 heterocycles. The number of nitrogens with zero attached hydrogens (tertiary/aromatic N) is 1. The van der Waals surface area contributed by atoms with Crippen LogP contribution in [-0.4, -0.2) is 4.98 Å². The van der Waals surface area contributed by atoms with E-state index in [2.05, 4.69) is 54.0 Å². The molecule has 0 spiro atoms. The molecule has 0 N–H and O–H groups in total. The molecule has 0 atom stereocenters. The summed E-state index contributed by atoms with van der Waals surface area (Å²) >= 11 is 4.30. The lowest BCUT2D eigenvalue weighted by molar-refractivity contribution is 1.33. The minimum Gasteiger partial charge on any atom is -0.265 e. The van der Waals surface area contributed by atoms with Gasteiger partial charge in [0.25, 0.3) is 0 Å². The van der Waals surface area contributed by atoms with Gasteiger partial charge < -0.3 is 0 Å². The Morgan fingerprint density at radius 1 is 0.526 bits per heavy atom. The van der Waals surface area contributed by atoms with E-state index in [1.165, 1.54) is 22.3 Å². The number of hydrogen-bond acceptors (Lipinski definition) is 2. The summed E-state index contributed by atoms with van der Waals surface area (Å²) in [5.74, 6) is 0. The highest BCUT2D eigenvalue weighted by Gasteiger charge is 1.99. The molecule has 19 heavy (non-hydrogen) atoms. The first-order chi connectivity index (χ1) is 9.33. The first-order valence-corrected chi connectivity index (χ1v) is 6.57.